The first-order valence-electron chi connectivity index (χ1n) is 8.21. The molecule has 0 unspecified atom stereocenters. The quantitative estimate of drug-likeness (QED) is 0.838. The van der Waals surface area contributed by atoms with Crippen molar-refractivity contribution in [3.63, 3.8) is 0 Å². The lowest BCUT2D eigenvalue weighted by molar-refractivity contribution is 0.0367. The molecule has 0 spiro atoms. The van der Waals surface area contributed by atoms with E-state index in [1.54, 1.807) is 0 Å². The molecule has 2 heteroatoms. The van der Waals surface area contributed by atoms with Crippen molar-refractivity contribution in [2.24, 2.45) is 5.92 Å². The molecule has 0 saturated heterocycles. The summed E-state index contributed by atoms with van der Waals surface area (Å²) >= 11 is 0. The van der Waals surface area contributed by atoms with Gasteiger partial charge >= 0.3 is 0 Å². The van der Waals surface area contributed by atoms with E-state index in [4.69, 9.17) is 0 Å². The fourth-order valence-corrected chi connectivity index (χ4v) is 3.18. The number of aliphatic hydroxyl groups is 1. The number of nitrogens with zero attached hydrogens (tertiary/aromatic N) is 1. The molecule has 21 heavy (non-hydrogen) atoms. The van der Waals surface area contributed by atoms with Crippen LogP contribution in [0.1, 0.15) is 45.1 Å². The summed E-state index contributed by atoms with van der Waals surface area (Å²) in [5.74, 6) is 6.71. The van der Waals surface area contributed by atoms with Crippen LogP contribution in [0.25, 0.3) is 0 Å². The molecule has 1 aromatic carbocycles. The van der Waals surface area contributed by atoms with E-state index in [2.05, 4.69) is 30.6 Å². The Kier molecular flexibility index (Phi) is 5.85. The average molecular weight is 285 g/mol. The van der Waals surface area contributed by atoms with Gasteiger partial charge in [0.15, 0.2) is 5.60 Å². The highest BCUT2D eigenvalue weighted by atomic mass is 16.3. The van der Waals surface area contributed by atoms with Crippen LogP contribution in [-0.4, -0.2) is 29.6 Å². The number of hydrogen-bond donors (Lipinski definition) is 1. The molecule has 0 heterocycles. The van der Waals surface area contributed by atoms with Crippen molar-refractivity contribution in [1.29, 1.82) is 0 Å². The van der Waals surface area contributed by atoms with Gasteiger partial charge in [-0.15, -0.1) is 0 Å². The van der Waals surface area contributed by atoms with Gasteiger partial charge in [-0.2, -0.15) is 0 Å². The monoisotopic (exact) mass is 285 g/mol. The van der Waals surface area contributed by atoms with E-state index in [1.807, 2.05) is 30.3 Å². The fourth-order valence-electron chi connectivity index (χ4n) is 3.18. The van der Waals surface area contributed by atoms with Crippen molar-refractivity contribution < 1.29 is 5.11 Å². The molecule has 1 saturated carbocycles. The van der Waals surface area contributed by atoms with Gasteiger partial charge in [0.25, 0.3) is 0 Å². The Labute approximate surface area is 129 Å². The third-order valence-electron chi connectivity index (χ3n) is 4.64. The first kappa shape index (κ1) is 16.1. The molecule has 1 aliphatic rings. The average Bonchev–Trinajstić information content (AvgIpc) is 3.07. The second-order valence-corrected chi connectivity index (χ2v) is 5.88. The minimum absolute atomic E-state index is 0.268. The minimum Gasteiger partial charge on any atom is -0.373 e. The first-order valence-corrected chi connectivity index (χ1v) is 8.21. The highest BCUT2D eigenvalue weighted by Gasteiger charge is 2.38. The number of benzene rings is 1. The van der Waals surface area contributed by atoms with Crippen molar-refractivity contribution in [3.8, 4) is 11.8 Å². The Bertz CT molecular complexity index is 477. The predicted octanol–water partition coefficient (Wildman–Crippen LogP) is 3.41. The summed E-state index contributed by atoms with van der Waals surface area (Å²) < 4.78 is 0. The summed E-state index contributed by atoms with van der Waals surface area (Å²) in [5, 5.41) is 11.2. The number of rotatable bonds is 5. The van der Waals surface area contributed by atoms with Crippen LogP contribution in [0.4, 0.5) is 0 Å². The summed E-state index contributed by atoms with van der Waals surface area (Å²) in [6.07, 6.45) is 4.56. The highest BCUT2D eigenvalue weighted by molar-refractivity contribution is 5.33. The highest BCUT2D eigenvalue weighted by Crippen LogP contribution is 2.40. The molecule has 1 atom stereocenters. The van der Waals surface area contributed by atoms with Crippen molar-refractivity contribution in [2.45, 2.75) is 45.1 Å². The lowest BCUT2D eigenvalue weighted by Crippen LogP contribution is -2.32. The van der Waals surface area contributed by atoms with E-state index in [-0.39, 0.29) is 5.92 Å². The maximum atomic E-state index is 11.2. The maximum Gasteiger partial charge on any atom is 0.153 e. The van der Waals surface area contributed by atoms with Crippen LogP contribution in [0, 0.1) is 17.8 Å². The zero-order valence-corrected chi connectivity index (χ0v) is 13.3. The van der Waals surface area contributed by atoms with Gasteiger partial charge in [-0.05, 0) is 31.5 Å². The van der Waals surface area contributed by atoms with E-state index >= 15 is 0 Å². The predicted molar refractivity (Wildman–Crippen MR) is 87.9 cm³/mol. The molecule has 0 aliphatic heterocycles. The zero-order chi connectivity index (χ0) is 15.1. The van der Waals surface area contributed by atoms with Gasteiger partial charge in [0.05, 0.1) is 6.54 Å². The lowest BCUT2D eigenvalue weighted by Gasteiger charge is -2.29. The smallest absolute Gasteiger partial charge is 0.153 e. The van der Waals surface area contributed by atoms with E-state index in [1.165, 1.54) is 12.8 Å². The zero-order valence-electron chi connectivity index (χ0n) is 13.3. The molecule has 2 rings (SSSR count). The fraction of sp³-hybridized carbons (Fsp3) is 0.579. The van der Waals surface area contributed by atoms with Gasteiger partial charge in [-0.1, -0.05) is 68.9 Å². The molecule has 0 bridgehead atoms. The summed E-state index contributed by atoms with van der Waals surface area (Å²) in [7, 11) is 0. The van der Waals surface area contributed by atoms with Crippen molar-refractivity contribution in [3.05, 3.63) is 35.9 Å². The van der Waals surface area contributed by atoms with E-state index in [0.29, 0.717) is 0 Å². The normalized spacial score (nSPS) is 18.3. The molecule has 0 amide bonds. The molecule has 114 valence electrons. The second kappa shape index (κ2) is 7.64. The van der Waals surface area contributed by atoms with Crippen molar-refractivity contribution in [1.82, 2.24) is 4.90 Å². The second-order valence-electron chi connectivity index (χ2n) is 5.88. The minimum atomic E-state index is -0.981. The first-order chi connectivity index (χ1) is 10.2. The van der Waals surface area contributed by atoms with Gasteiger partial charge in [0, 0.05) is 5.92 Å². The summed E-state index contributed by atoms with van der Waals surface area (Å²) in [6.45, 7) is 7.02. The Morgan fingerprint density at radius 2 is 1.76 bits per heavy atom. The summed E-state index contributed by atoms with van der Waals surface area (Å²) in [6, 6.07) is 9.97. The number of hydrogen-bond acceptors (Lipinski definition) is 2. The summed E-state index contributed by atoms with van der Waals surface area (Å²) in [5.41, 5.74) is -0.0331. The molecular weight excluding hydrogens is 258 g/mol. The SMILES string of the molecule is CCN(CC)CC#C[C@](O)(c1ccccc1)C1CCCC1. The van der Waals surface area contributed by atoms with E-state index in [0.717, 1.165) is 38.0 Å². The van der Waals surface area contributed by atoms with Crippen molar-refractivity contribution >= 4 is 0 Å². The van der Waals surface area contributed by atoms with Crippen LogP contribution >= 0.6 is 0 Å². The third-order valence-corrected chi connectivity index (χ3v) is 4.64. The van der Waals surface area contributed by atoms with Gasteiger partial charge in [-0.3, -0.25) is 4.90 Å². The Morgan fingerprint density at radius 3 is 2.33 bits per heavy atom. The Hall–Kier alpha value is -1.30. The Morgan fingerprint density at radius 1 is 1.14 bits per heavy atom. The van der Waals surface area contributed by atoms with Crippen LogP contribution in [-0.2, 0) is 5.60 Å². The molecule has 1 fully saturated rings. The van der Waals surface area contributed by atoms with E-state index in [9.17, 15) is 5.11 Å². The molecule has 0 radical (unpaired) electrons. The molecule has 2 nitrogen and oxygen atoms in total. The topological polar surface area (TPSA) is 23.5 Å². The molecule has 1 aromatic rings. The molecule has 0 aromatic heterocycles. The molecule has 1 aliphatic carbocycles. The van der Waals surface area contributed by atoms with Crippen LogP contribution in [0.3, 0.4) is 0 Å². The van der Waals surface area contributed by atoms with E-state index < -0.39 is 5.60 Å². The summed E-state index contributed by atoms with van der Waals surface area (Å²) in [4.78, 5) is 2.27. The maximum absolute atomic E-state index is 11.2. The standard InChI is InChI=1S/C19H27NO/c1-3-20(4-2)16-10-15-19(21,18-13-8-9-14-18)17-11-6-5-7-12-17/h5-7,11-12,18,21H,3-4,8-9,13-14,16H2,1-2H3/t19-/m0/s1. The van der Waals surface area contributed by atoms with Crippen LogP contribution in [0.5, 0.6) is 0 Å². The Balaban J connectivity index is 2.22. The van der Waals surface area contributed by atoms with Crippen LogP contribution in [0.15, 0.2) is 30.3 Å². The van der Waals surface area contributed by atoms with Gasteiger partial charge in [0.1, 0.15) is 0 Å². The van der Waals surface area contributed by atoms with Gasteiger partial charge in [-0.25, -0.2) is 0 Å². The lowest BCUT2D eigenvalue weighted by atomic mass is 9.80. The van der Waals surface area contributed by atoms with Crippen molar-refractivity contribution in [2.75, 3.05) is 19.6 Å². The third kappa shape index (κ3) is 3.87. The van der Waals surface area contributed by atoms with Gasteiger partial charge in [0.2, 0.25) is 0 Å². The largest absolute Gasteiger partial charge is 0.373 e. The van der Waals surface area contributed by atoms with Gasteiger partial charge < -0.3 is 5.11 Å². The van der Waals surface area contributed by atoms with Crippen LogP contribution < -0.4 is 0 Å². The molecular formula is C19H27NO. The molecule has 1 N–H and O–H groups in total. The van der Waals surface area contributed by atoms with Crippen LogP contribution in [0.2, 0.25) is 0 Å².